The largest absolute Gasteiger partial charge is 0.507 e. The maximum atomic E-state index is 9.67. The van der Waals surface area contributed by atoms with Crippen LogP contribution in [0.3, 0.4) is 0 Å². The zero-order chi connectivity index (χ0) is 13.1. The minimum absolute atomic E-state index is 0.119. The highest BCUT2D eigenvalue weighted by Crippen LogP contribution is 2.30. The summed E-state index contributed by atoms with van der Waals surface area (Å²) in [6.45, 7) is 0.724. The molecule has 1 saturated carbocycles. The van der Waals surface area contributed by atoms with Crippen molar-refractivity contribution in [3.63, 3.8) is 0 Å². The van der Waals surface area contributed by atoms with Gasteiger partial charge in [0.25, 0.3) is 0 Å². The van der Waals surface area contributed by atoms with E-state index in [1.807, 2.05) is 6.07 Å². The van der Waals surface area contributed by atoms with Crippen molar-refractivity contribution in [3.8, 4) is 5.75 Å². The molecule has 0 aromatic heterocycles. The molecule has 0 heterocycles. The van der Waals surface area contributed by atoms with E-state index < -0.39 is 0 Å². The first-order chi connectivity index (χ1) is 8.56. The predicted octanol–water partition coefficient (Wildman–Crippen LogP) is 3.31. The monoisotopic (exact) mass is 377 g/mol. The Labute approximate surface area is 124 Å². The van der Waals surface area contributed by atoms with Crippen molar-refractivity contribution in [2.24, 2.45) is 0 Å². The minimum Gasteiger partial charge on any atom is -0.507 e. The second-order valence-electron chi connectivity index (χ2n) is 4.78. The Balaban J connectivity index is 1.92. The number of hydrogen-bond donors (Lipinski definition) is 3. The average Bonchev–Trinajstić information content (AvgIpc) is 2.34. The Morgan fingerprint density at radius 1 is 1.11 bits per heavy atom. The molecule has 0 radical (unpaired) electrons. The molecule has 18 heavy (non-hydrogen) atoms. The fourth-order valence-corrected chi connectivity index (χ4v) is 3.38. The summed E-state index contributed by atoms with van der Waals surface area (Å²) >= 11 is 6.78. The van der Waals surface area contributed by atoms with Crippen molar-refractivity contribution in [1.29, 1.82) is 0 Å². The Kier molecular flexibility index (Phi) is 5.06. The van der Waals surface area contributed by atoms with Crippen LogP contribution in [0.2, 0.25) is 0 Å². The molecule has 100 valence electrons. The van der Waals surface area contributed by atoms with Gasteiger partial charge in [0.15, 0.2) is 0 Å². The van der Waals surface area contributed by atoms with Crippen LogP contribution in [-0.4, -0.2) is 22.4 Å². The quantitative estimate of drug-likeness (QED) is 0.756. The summed E-state index contributed by atoms with van der Waals surface area (Å²) in [5.74, 6) is 0.258. The van der Waals surface area contributed by atoms with Gasteiger partial charge in [-0.1, -0.05) is 15.9 Å². The summed E-state index contributed by atoms with van der Waals surface area (Å²) < 4.78 is 1.68. The van der Waals surface area contributed by atoms with E-state index in [0.717, 1.165) is 42.3 Å². The third-order valence-corrected chi connectivity index (χ3v) is 4.77. The van der Waals surface area contributed by atoms with E-state index in [4.69, 9.17) is 0 Å². The number of phenols is 1. The fourth-order valence-electron chi connectivity index (χ4n) is 2.25. The topological polar surface area (TPSA) is 52.5 Å². The first-order valence-electron chi connectivity index (χ1n) is 6.14. The first-order valence-corrected chi connectivity index (χ1v) is 7.73. The molecule has 0 atom stereocenters. The van der Waals surface area contributed by atoms with E-state index in [9.17, 15) is 10.2 Å². The van der Waals surface area contributed by atoms with Gasteiger partial charge in [-0.15, -0.1) is 0 Å². The van der Waals surface area contributed by atoms with Crippen molar-refractivity contribution < 1.29 is 10.2 Å². The van der Waals surface area contributed by atoms with Gasteiger partial charge in [-0.05, 0) is 59.3 Å². The molecule has 3 N–H and O–H groups in total. The van der Waals surface area contributed by atoms with E-state index in [2.05, 4.69) is 37.2 Å². The maximum absolute atomic E-state index is 9.67. The number of halogens is 2. The summed E-state index contributed by atoms with van der Waals surface area (Å²) in [6, 6.07) is 4.08. The minimum atomic E-state index is -0.119. The van der Waals surface area contributed by atoms with Crippen LogP contribution in [0, 0.1) is 0 Å². The van der Waals surface area contributed by atoms with Crippen molar-refractivity contribution >= 4 is 31.9 Å². The highest BCUT2D eigenvalue weighted by molar-refractivity contribution is 9.11. The zero-order valence-electron chi connectivity index (χ0n) is 10.00. The van der Waals surface area contributed by atoms with Gasteiger partial charge in [-0.2, -0.15) is 0 Å². The molecule has 0 amide bonds. The predicted molar refractivity (Wildman–Crippen MR) is 78.6 cm³/mol. The van der Waals surface area contributed by atoms with Gasteiger partial charge in [-0.3, -0.25) is 0 Å². The van der Waals surface area contributed by atoms with Crippen molar-refractivity contribution in [2.45, 2.75) is 44.4 Å². The van der Waals surface area contributed by atoms with Crippen LogP contribution in [0.25, 0.3) is 0 Å². The lowest BCUT2D eigenvalue weighted by Gasteiger charge is -2.26. The van der Waals surface area contributed by atoms with Gasteiger partial charge in [0.05, 0.1) is 10.6 Å². The molecule has 2 rings (SSSR count). The number of benzene rings is 1. The van der Waals surface area contributed by atoms with Gasteiger partial charge in [0.2, 0.25) is 0 Å². The highest BCUT2D eigenvalue weighted by atomic mass is 79.9. The fraction of sp³-hybridized carbons (Fsp3) is 0.538. The van der Waals surface area contributed by atoms with Gasteiger partial charge < -0.3 is 15.5 Å². The van der Waals surface area contributed by atoms with E-state index in [1.165, 1.54) is 0 Å². The standard InChI is InChI=1S/C13H17Br2NO2/c14-11-6-12(15)13(18)5-8(11)7-16-9-1-3-10(17)4-2-9/h5-6,9-10,16-18H,1-4,7H2/t9-,10-. The summed E-state index contributed by atoms with van der Waals surface area (Å²) in [5.41, 5.74) is 1.04. The lowest BCUT2D eigenvalue weighted by atomic mass is 9.93. The molecule has 1 aliphatic rings. The molecule has 0 aliphatic heterocycles. The normalized spacial score (nSPS) is 24.2. The van der Waals surface area contributed by atoms with Crippen LogP contribution in [0.15, 0.2) is 21.1 Å². The Morgan fingerprint density at radius 3 is 2.44 bits per heavy atom. The molecule has 1 fully saturated rings. The van der Waals surface area contributed by atoms with Crippen LogP contribution in [-0.2, 0) is 6.54 Å². The van der Waals surface area contributed by atoms with E-state index in [1.54, 1.807) is 6.07 Å². The lowest BCUT2D eigenvalue weighted by Crippen LogP contribution is -2.34. The lowest BCUT2D eigenvalue weighted by molar-refractivity contribution is 0.116. The van der Waals surface area contributed by atoms with Crippen LogP contribution in [0.4, 0.5) is 0 Å². The van der Waals surface area contributed by atoms with Crippen molar-refractivity contribution in [1.82, 2.24) is 5.32 Å². The zero-order valence-corrected chi connectivity index (χ0v) is 13.2. The molecule has 0 spiro atoms. The molecule has 1 aromatic rings. The van der Waals surface area contributed by atoms with Crippen LogP contribution in [0.1, 0.15) is 31.2 Å². The van der Waals surface area contributed by atoms with Gasteiger partial charge in [0, 0.05) is 17.1 Å². The number of aliphatic hydroxyl groups is 1. The van der Waals surface area contributed by atoms with E-state index >= 15 is 0 Å². The Bertz CT molecular complexity index is 418. The summed E-state index contributed by atoms with van der Waals surface area (Å²) in [4.78, 5) is 0. The summed E-state index contributed by atoms with van der Waals surface area (Å²) in [6.07, 6.45) is 3.67. The number of hydrogen-bond acceptors (Lipinski definition) is 3. The van der Waals surface area contributed by atoms with Crippen LogP contribution < -0.4 is 5.32 Å². The molecular formula is C13H17Br2NO2. The molecule has 0 bridgehead atoms. The third kappa shape index (κ3) is 3.70. The number of rotatable bonds is 3. The SMILES string of the molecule is Oc1cc(CN[C@H]2CC[C@H](O)CC2)c(Br)cc1Br. The number of aromatic hydroxyl groups is 1. The van der Waals surface area contributed by atoms with E-state index in [-0.39, 0.29) is 11.9 Å². The number of phenolic OH excluding ortho intramolecular Hbond substituents is 1. The molecule has 0 unspecified atom stereocenters. The highest BCUT2D eigenvalue weighted by Gasteiger charge is 2.19. The molecule has 1 aromatic carbocycles. The van der Waals surface area contributed by atoms with Gasteiger partial charge >= 0.3 is 0 Å². The molecule has 3 nitrogen and oxygen atoms in total. The van der Waals surface area contributed by atoms with Crippen LogP contribution >= 0.6 is 31.9 Å². The number of aliphatic hydroxyl groups excluding tert-OH is 1. The van der Waals surface area contributed by atoms with E-state index in [0.29, 0.717) is 10.5 Å². The summed E-state index contributed by atoms with van der Waals surface area (Å²) in [7, 11) is 0. The second kappa shape index (κ2) is 6.37. The van der Waals surface area contributed by atoms with Crippen molar-refractivity contribution in [3.05, 3.63) is 26.6 Å². The number of nitrogens with one attached hydrogen (secondary N) is 1. The molecule has 0 saturated heterocycles. The molecular weight excluding hydrogens is 362 g/mol. The average molecular weight is 379 g/mol. The van der Waals surface area contributed by atoms with Gasteiger partial charge in [0.1, 0.15) is 5.75 Å². The van der Waals surface area contributed by atoms with Crippen molar-refractivity contribution in [2.75, 3.05) is 0 Å². The Morgan fingerprint density at radius 2 is 1.78 bits per heavy atom. The molecule has 5 heteroatoms. The third-order valence-electron chi connectivity index (χ3n) is 3.39. The maximum Gasteiger partial charge on any atom is 0.130 e. The second-order valence-corrected chi connectivity index (χ2v) is 6.49. The summed E-state index contributed by atoms with van der Waals surface area (Å²) in [5, 5.41) is 22.6. The smallest absolute Gasteiger partial charge is 0.130 e. The Hall–Kier alpha value is -0.100. The van der Waals surface area contributed by atoms with Gasteiger partial charge in [-0.25, -0.2) is 0 Å². The molecule has 1 aliphatic carbocycles. The first kappa shape index (κ1) is 14.3. The van der Waals surface area contributed by atoms with Crippen LogP contribution in [0.5, 0.6) is 5.75 Å².